The summed E-state index contributed by atoms with van der Waals surface area (Å²) in [6.45, 7) is 1.88. The Morgan fingerprint density at radius 1 is 1.18 bits per heavy atom. The minimum absolute atomic E-state index is 0.0953. The topological polar surface area (TPSA) is 104 Å². The number of nitriles is 1. The number of nitrogens with one attached hydrogen (secondary N) is 1. The van der Waals surface area contributed by atoms with Gasteiger partial charge in [0.15, 0.2) is 5.75 Å². The fraction of sp³-hybridized carbons (Fsp3) is 0.200. The number of carbonyl (C=O) groups is 1. The number of ether oxygens (including phenoxy) is 2. The number of hydrogen-bond donors (Lipinski definition) is 1. The summed E-state index contributed by atoms with van der Waals surface area (Å²) in [6, 6.07) is 20.8. The second-order valence-electron chi connectivity index (χ2n) is 9.28. The number of likely N-dealkylation sites (N-methyl/N-ethyl adjacent to an activating group) is 1. The molecule has 0 saturated carbocycles. The molecule has 0 saturated heterocycles. The molecule has 1 amide bonds. The first-order valence-electron chi connectivity index (χ1n) is 12.5. The molecule has 0 fully saturated rings. The second kappa shape index (κ2) is 11.6. The van der Waals surface area contributed by atoms with Crippen molar-refractivity contribution in [2.45, 2.75) is 6.61 Å². The fourth-order valence-corrected chi connectivity index (χ4v) is 4.28. The average molecular weight is 521 g/mol. The highest BCUT2D eigenvalue weighted by molar-refractivity contribution is 6.07. The molecule has 1 aliphatic heterocycles. The Labute approximate surface area is 226 Å². The maximum absolute atomic E-state index is 13.0. The third-order valence-electron chi connectivity index (χ3n) is 6.16. The monoisotopic (exact) mass is 520 g/mol. The molecule has 4 aromatic rings. The zero-order valence-corrected chi connectivity index (χ0v) is 21.8. The summed E-state index contributed by atoms with van der Waals surface area (Å²) in [4.78, 5) is 25.6. The van der Waals surface area contributed by atoms with E-state index in [1.54, 1.807) is 17.0 Å². The number of fused-ring (bicyclic) bond motifs is 3. The van der Waals surface area contributed by atoms with Gasteiger partial charge in [0.1, 0.15) is 31.1 Å². The van der Waals surface area contributed by atoms with Crippen LogP contribution in [0.5, 0.6) is 11.5 Å². The predicted octanol–water partition coefficient (Wildman–Crippen LogP) is 4.67. The molecular formula is C30H28N6O3. The van der Waals surface area contributed by atoms with Gasteiger partial charge in [0.05, 0.1) is 34.8 Å². The Hall–Kier alpha value is -4.94. The maximum Gasteiger partial charge on any atom is 0.250 e. The molecule has 0 radical (unpaired) electrons. The number of carbonyl (C=O) groups excluding carboxylic acids is 1. The first-order chi connectivity index (χ1) is 19.0. The molecule has 39 heavy (non-hydrogen) atoms. The number of nitrogens with zero attached hydrogens (tertiary/aromatic N) is 5. The van der Waals surface area contributed by atoms with Crippen LogP contribution >= 0.6 is 0 Å². The van der Waals surface area contributed by atoms with Crippen molar-refractivity contribution in [3.8, 4) is 17.6 Å². The van der Waals surface area contributed by atoms with Gasteiger partial charge in [0, 0.05) is 18.3 Å². The van der Waals surface area contributed by atoms with Crippen molar-refractivity contribution in [3.05, 3.63) is 90.3 Å². The van der Waals surface area contributed by atoms with Crippen molar-refractivity contribution in [3.63, 3.8) is 0 Å². The minimum atomic E-state index is -0.0953. The Morgan fingerprint density at radius 2 is 2.03 bits per heavy atom. The Bertz CT molecular complexity index is 1560. The van der Waals surface area contributed by atoms with Gasteiger partial charge in [0.2, 0.25) is 0 Å². The van der Waals surface area contributed by atoms with Crippen LogP contribution in [0.15, 0.2) is 79.1 Å². The SMILES string of the molecule is CN(C)C/C=C/C(=O)N1CCOc2c1ccc1ncnc(Nc3ccc(OCc4cccc(C#N)c4)cc3)c21. The molecule has 2 heterocycles. The van der Waals surface area contributed by atoms with Crippen molar-refractivity contribution in [2.75, 3.05) is 44.0 Å². The van der Waals surface area contributed by atoms with Gasteiger partial charge < -0.3 is 24.6 Å². The Balaban J connectivity index is 1.35. The second-order valence-corrected chi connectivity index (χ2v) is 9.28. The van der Waals surface area contributed by atoms with Gasteiger partial charge in [-0.1, -0.05) is 18.2 Å². The zero-order valence-electron chi connectivity index (χ0n) is 21.8. The third-order valence-corrected chi connectivity index (χ3v) is 6.16. The largest absolute Gasteiger partial charge is 0.489 e. The maximum atomic E-state index is 13.0. The van der Waals surface area contributed by atoms with Crippen LogP contribution in [0.3, 0.4) is 0 Å². The van der Waals surface area contributed by atoms with E-state index in [4.69, 9.17) is 14.7 Å². The van der Waals surface area contributed by atoms with Gasteiger partial charge >= 0.3 is 0 Å². The van der Waals surface area contributed by atoms with Crippen LogP contribution in [0.1, 0.15) is 11.1 Å². The van der Waals surface area contributed by atoms with Gasteiger partial charge in [-0.15, -0.1) is 0 Å². The van der Waals surface area contributed by atoms with Crippen LogP contribution in [0.4, 0.5) is 17.2 Å². The summed E-state index contributed by atoms with van der Waals surface area (Å²) in [5.41, 5.74) is 3.74. The number of benzene rings is 3. The molecule has 0 bridgehead atoms. The summed E-state index contributed by atoms with van der Waals surface area (Å²) >= 11 is 0. The molecule has 5 rings (SSSR count). The summed E-state index contributed by atoms with van der Waals surface area (Å²) in [5, 5.41) is 13.1. The zero-order chi connectivity index (χ0) is 27.2. The van der Waals surface area contributed by atoms with E-state index in [0.29, 0.717) is 65.8 Å². The summed E-state index contributed by atoms with van der Waals surface area (Å²) < 4.78 is 11.9. The lowest BCUT2D eigenvalue weighted by Crippen LogP contribution is -2.37. The number of amides is 1. The van der Waals surface area contributed by atoms with Gasteiger partial charge in [-0.3, -0.25) is 4.79 Å². The van der Waals surface area contributed by atoms with E-state index in [1.165, 1.54) is 6.33 Å². The van der Waals surface area contributed by atoms with E-state index < -0.39 is 0 Å². The molecule has 196 valence electrons. The highest BCUT2D eigenvalue weighted by Gasteiger charge is 2.26. The Morgan fingerprint density at radius 3 is 2.82 bits per heavy atom. The first-order valence-corrected chi connectivity index (χ1v) is 12.5. The van der Waals surface area contributed by atoms with E-state index in [2.05, 4.69) is 21.4 Å². The Kier molecular flexibility index (Phi) is 7.66. The van der Waals surface area contributed by atoms with Gasteiger partial charge in [-0.2, -0.15) is 5.26 Å². The van der Waals surface area contributed by atoms with Crippen LogP contribution in [-0.2, 0) is 11.4 Å². The normalized spacial score (nSPS) is 12.7. The molecule has 9 heteroatoms. The molecule has 1 aliphatic rings. The molecule has 0 unspecified atom stereocenters. The van der Waals surface area contributed by atoms with Crippen LogP contribution < -0.4 is 19.7 Å². The van der Waals surface area contributed by atoms with Crippen molar-refractivity contribution >= 4 is 34.0 Å². The van der Waals surface area contributed by atoms with Crippen molar-refractivity contribution in [2.24, 2.45) is 0 Å². The van der Waals surface area contributed by atoms with E-state index in [9.17, 15) is 4.79 Å². The van der Waals surface area contributed by atoms with Crippen LogP contribution in [0.25, 0.3) is 10.9 Å². The number of aromatic nitrogens is 2. The summed E-state index contributed by atoms with van der Waals surface area (Å²) in [5.74, 6) is 1.77. The average Bonchev–Trinajstić information content (AvgIpc) is 2.96. The lowest BCUT2D eigenvalue weighted by Gasteiger charge is -2.30. The highest BCUT2D eigenvalue weighted by atomic mass is 16.5. The van der Waals surface area contributed by atoms with E-state index in [-0.39, 0.29) is 5.91 Å². The number of anilines is 3. The first kappa shape index (κ1) is 25.7. The lowest BCUT2D eigenvalue weighted by atomic mass is 10.1. The van der Waals surface area contributed by atoms with E-state index in [1.807, 2.05) is 79.7 Å². The van der Waals surface area contributed by atoms with Crippen LogP contribution in [-0.4, -0.2) is 54.6 Å². The summed E-state index contributed by atoms with van der Waals surface area (Å²) in [6.07, 6.45) is 4.95. The third kappa shape index (κ3) is 5.98. The number of rotatable bonds is 8. The molecule has 1 aromatic heterocycles. The molecule has 0 atom stereocenters. The quantitative estimate of drug-likeness (QED) is 0.335. The van der Waals surface area contributed by atoms with Gasteiger partial charge in [-0.05, 0) is 68.2 Å². The van der Waals surface area contributed by atoms with Crippen LogP contribution in [0.2, 0.25) is 0 Å². The smallest absolute Gasteiger partial charge is 0.250 e. The standard InChI is InChI=1S/C30H28N6O3/c1-35(2)14-4-7-27(37)36-15-16-38-29-26(36)13-12-25-28(29)30(33-20-32-25)34-23-8-10-24(11-9-23)39-19-22-6-3-5-21(17-22)18-31/h3-13,17,20H,14-16,19H2,1-2H3,(H,32,33,34)/b7-4+. The highest BCUT2D eigenvalue weighted by Crippen LogP contribution is 2.41. The summed E-state index contributed by atoms with van der Waals surface area (Å²) in [7, 11) is 3.91. The molecule has 3 aromatic carbocycles. The number of hydrogen-bond acceptors (Lipinski definition) is 8. The van der Waals surface area contributed by atoms with Crippen LogP contribution in [0, 0.1) is 11.3 Å². The molecule has 0 aliphatic carbocycles. The lowest BCUT2D eigenvalue weighted by molar-refractivity contribution is -0.114. The molecule has 9 nitrogen and oxygen atoms in total. The van der Waals surface area contributed by atoms with Crippen molar-refractivity contribution in [1.29, 1.82) is 5.26 Å². The molecule has 0 spiro atoms. The minimum Gasteiger partial charge on any atom is -0.489 e. The fourth-order valence-electron chi connectivity index (χ4n) is 4.28. The predicted molar refractivity (Wildman–Crippen MR) is 150 cm³/mol. The van der Waals surface area contributed by atoms with Crippen molar-refractivity contribution in [1.82, 2.24) is 14.9 Å². The molecule has 1 N–H and O–H groups in total. The van der Waals surface area contributed by atoms with E-state index >= 15 is 0 Å². The van der Waals surface area contributed by atoms with Crippen molar-refractivity contribution < 1.29 is 14.3 Å². The molecular weight excluding hydrogens is 492 g/mol. The van der Waals surface area contributed by atoms with Gasteiger partial charge in [0.25, 0.3) is 5.91 Å². The van der Waals surface area contributed by atoms with E-state index in [0.717, 1.165) is 11.3 Å². The van der Waals surface area contributed by atoms with Gasteiger partial charge in [-0.25, -0.2) is 9.97 Å².